The Hall–Kier alpha value is -3.22. The Balaban J connectivity index is 1.40. The monoisotopic (exact) mass is 360 g/mol. The van der Waals surface area contributed by atoms with Crippen LogP contribution in [0.15, 0.2) is 55.1 Å². The van der Waals surface area contributed by atoms with Crippen molar-refractivity contribution in [2.45, 2.75) is 25.3 Å². The Labute approximate surface area is 157 Å². The lowest BCUT2D eigenvalue weighted by molar-refractivity contribution is 0.102. The maximum absolute atomic E-state index is 12.8. The molecule has 3 aromatic rings. The van der Waals surface area contributed by atoms with E-state index in [0.29, 0.717) is 17.3 Å². The molecule has 1 aromatic carbocycles. The van der Waals surface area contributed by atoms with Crippen LogP contribution in [0.2, 0.25) is 0 Å². The minimum absolute atomic E-state index is 0.179. The van der Waals surface area contributed by atoms with Crippen LogP contribution in [0.5, 0.6) is 0 Å². The number of carbonyl (C=O) groups is 1. The third kappa shape index (κ3) is 2.95. The zero-order valence-electron chi connectivity index (χ0n) is 14.8. The van der Waals surface area contributed by atoms with Crippen LogP contribution in [0.4, 0.5) is 11.4 Å². The number of anilines is 2. The molecular weight excluding hydrogens is 340 g/mol. The van der Waals surface area contributed by atoms with E-state index in [1.54, 1.807) is 35.5 Å². The summed E-state index contributed by atoms with van der Waals surface area (Å²) in [5.41, 5.74) is 3.14. The molecule has 7 nitrogen and oxygen atoms in total. The molecule has 136 valence electrons. The van der Waals surface area contributed by atoms with E-state index in [1.165, 1.54) is 19.3 Å². The number of nitrogens with zero attached hydrogens (tertiary/aromatic N) is 5. The third-order valence-corrected chi connectivity index (χ3v) is 5.54. The molecule has 2 aromatic heterocycles. The Bertz CT molecular complexity index is 970. The van der Waals surface area contributed by atoms with E-state index < -0.39 is 0 Å². The number of amides is 1. The summed E-state index contributed by atoms with van der Waals surface area (Å²) in [6.07, 6.45) is 10.4. The molecule has 2 aliphatic rings. The van der Waals surface area contributed by atoms with Gasteiger partial charge in [0.15, 0.2) is 0 Å². The highest BCUT2D eigenvalue weighted by Gasteiger charge is 2.38. The average molecular weight is 360 g/mol. The first kappa shape index (κ1) is 16.0. The van der Waals surface area contributed by atoms with Crippen LogP contribution >= 0.6 is 0 Å². The number of rotatable bonds is 4. The van der Waals surface area contributed by atoms with Crippen molar-refractivity contribution in [3.05, 3.63) is 60.7 Å². The minimum Gasteiger partial charge on any atom is -0.367 e. The van der Waals surface area contributed by atoms with Gasteiger partial charge in [-0.2, -0.15) is 0 Å². The number of benzene rings is 1. The molecule has 5 rings (SSSR count). The van der Waals surface area contributed by atoms with Gasteiger partial charge < -0.3 is 10.2 Å². The van der Waals surface area contributed by atoms with Gasteiger partial charge >= 0.3 is 0 Å². The standard InChI is InChI=1S/C20H20N6O/c27-20(15-10-17(12-21-11-15)26-8-7-22-24-26)23-18-3-1-2-4-19(18)25-13-14-5-6-16(25)9-14/h1-4,7-8,10-12,14,16H,5-6,9,13H2,(H,23,27)/t14-,16-/m0/s1. The lowest BCUT2D eigenvalue weighted by Crippen LogP contribution is -2.32. The summed E-state index contributed by atoms with van der Waals surface area (Å²) in [5.74, 6) is 0.614. The smallest absolute Gasteiger partial charge is 0.257 e. The van der Waals surface area contributed by atoms with Gasteiger partial charge in [0.05, 0.1) is 41.2 Å². The van der Waals surface area contributed by atoms with E-state index in [0.717, 1.165) is 23.8 Å². The van der Waals surface area contributed by atoms with Crippen molar-refractivity contribution in [2.75, 3.05) is 16.8 Å². The summed E-state index contributed by atoms with van der Waals surface area (Å²) < 4.78 is 1.58. The Morgan fingerprint density at radius 2 is 2.11 bits per heavy atom. The molecule has 0 spiro atoms. The first-order valence-corrected chi connectivity index (χ1v) is 9.27. The zero-order valence-corrected chi connectivity index (χ0v) is 14.8. The Morgan fingerprint density at radius 1 is 1.19 bits per heavy atom. The predicted octanol–water partition coefficient (Wildman–Crippen LogP) is 2.90. The van der Waals surface area contributed by atoms with E-state index in [9.17, 15) is 4.79 Å². The fourth-order valence-corrected chi connectivity index (χ4v) is 4.27. The number of hydrogen-bond acceptors (Lipinski definition) is 5. The van der Waals surface area contributed by atoms with Gasteiger partial charge in [-0.05, 0) is 43.4 Å². The van der Waals surface area contributed by atoms with Crippen LogP contribution in [-0.4, -0.2) is 38.5 Å². The maximum atomic E-state index is 12.8. The number of fused-ring (bicyclic) bond motifs is 2. The number of piperidine rings is 1. The van der Waals surface area contributed by atoms with Gasteiger partial charge in [0.25, 0.3) is 5.91 Å². The lowest BCUT2D eigenvalue weighted by atomic mass is 10.1. The van der Waals surface area contributed by atoms with Gasteiger partial charge in [0.2, 0.25) is 0 Å². The zero-order chi connectivity index (χ0) is 18.2. The SMILES string of the molecule is O=C(Nc1ccccc1N1C[C@H]2CC[C@H]1C2)c1cncc(-n2ccnn2)c1. The van der Waals surface area contributed by atoms with Crippen molar-refractivity contribution in [2.24, 2.45) is 5.92 Å². The van der Waals surface area contributed by atoms with Crippen molar-refractivity contribution < 1.29 is 4.79 Å². The van der Waals surface area contributed by atoms with E-state index >= 15 is 0 Å². The van der Waals surface area contributed by atoms with Crippen LogP contribution in [-0.2, 0) is 0 Å². The van der Waals surface area contributed by atoms with E-state index in [1.807, 2.05) is 18.2 Å². The molecule has 1 aliphatic heterocycles. The molecule has 2 fully saturated rings. The highest BCUT2D eigenvalue weighted by Crippen LogP contribution is 2.42. The minimum atomic E-state index is -0.179. The first-order chi connectivity index (χ1) is 13.3. The van der Waals surface area contributed by atoms with Crippen LogP contribution < -0.4 is 10.2 Å². The highest BCUT2D eigenvalue weighted by atomic mass is 16.1. The molecule has 0 radical (unpaired) electrons. The number of carbonyl (C=O) groups excluding carboxylic acids is 1. The van der Waals surface area contributed by atoms with Crippen LogP contribution in [0.25, 0.3) is 5.69 Å². The summed E-state index contributed by atoms with van der Waals surface area (Å²) in [5, 5.41) is 10.8. The fraction of sp³-hybridized carbons (Fsp3) is 0.300. The van der Waals surface area contributed by atoms with Crippen LogP contribution in [0.3, 0.4) is 0 Å². The van der Waals surface area contributed by atoms with Crippen molar-refractivity contribution >= 4 is 17.3 Å². The largest absolute Gasteiger partial charge is 0.367 e. The molecule has 1 aliphatic carbocycles. The van der Waals surface area contributed by atoms with Gasteiger partial charge in [-0.25, -0.2) is 4.68 Å². The summed E-state index contributed by atoms with van der Waals surface area (Å²) in [6.45, 7) is 1.08. The summed E-state index contributed by atoms with van der Waals surface area (Å²) in [4.78, 5) is 19.5. The van der Waals surface area contributed by atoms with E-state index in [2.05, 4.69) is 31.6 Å². The van der Waals surface area contributed by atoms with Crippen LogP contribution in [0.1, 0.15) is 29.6 Å². The maximum Gasteiger partial charge on any atom is 0.257 e. The molecule has 1 amide bonds. The summed E-state index contributed by atoms with van der Waals surface area (Å²) in [6, 6.07) is 10.4. The van der Waals surface area contributed by atoms with Crippen molar-refractivity contribution in [1.29, 1.82) is 0 Å². The molecule has 1 saturated carbocycles. The Kier molecular flexibility index (Phi) is 3.85. The second-order valence-electron chi connectivity index (χ2n) is 7.24. The fourth-order valence-electron chi connectivity index (χ4n) is 4.27. The summed E-state index contributed by atoms with van der Waals surface area (Å²) in [7, 11) is 0. The predicted molar refractivity (Wildman–Crippen MR) is 102 cm³/mol. The molecule has 0 unspecified atom stereocenters. The van der Waals surface area contributed by atoms with Crippen molar-refractivity contribution in [3.63, 3.8) is 0 Å². The van der Waals surface area contributed by atoms with Gasteiger partial charge in [0, 0.05) is 18.8 Å². The topological polar surface area (TPSA) is 75.9 Å². The molecule has 2 bridgehead atoms. The second kappa shape index (κ2) is 6.50. The molecule has 3 heterocycles. The number of nitrogens with one attached hydrogen (secondary N) is 1. The van der Waals surface area contributed by atoms with Gasteiger partial charge in [-0.3, -0.25) is 9.78 Å². The quantitative estimate of drug-likeness (QED) is 0.774. The molecular formula is C20H20N6O. The second-order valence-corrected chi connectivity index (χ2v) is 7.24. The average Bonchev–Trinajstić information content (AvgIpc) is 3.46. The lowest BCUT2D eigenvalue weighted by Gasteiger charge is -2.31. The Morgan fingerprint density at radius 3 is 2.89 bits per heavy atom. The number of hydrogen-bond donors (Lipinski definition) is 1. The highest BCUT2D eigenvalue weighted by molar-refractivity contribution is 6.06. The molecule has 27 heavy (non-hydrogen) atoms. The van der Waals surface area contributed by atoms with Crippen molar-refractivity contribution in [3.8, 4) is 5.69 Å². The molecule has 1 N–H and O–H groups in total. The number of aromatic nitrogens is 4. The molecule has 7 heteroatoms. The summed E-state index contributed by atoms with van der Waals surface area (Å²) >= 11 is 0. The first-order valence-electron chi connectivity index (χ1n) is 9.27. The van der Waals surface area contributed by atoms with Gasteiger partial charge in [0.1, 0.15) is 0 Å². The van der Waals surface area contributed by atoms with E-state index in [4.69, 9.17) is 0 Å². The van der Waals surface area contributed by atoms with Crippen LogP contribution in [0, 0.1) is 5.92 Å². The van der Waals surface area contributed by atoms with Crippen molar-refractivity contribution in [1.82, 2.24) is 20.0 Å². The molecule has 1 saturated heterocycles. The molecule has 2 atom stereocenters. The van der Waals surface area contributed by atoms with E-state index in [-0.39, 0.29) is 5.91 Å². The van der Waals surface area contributed by atoms with Gasteiger partial charge in [-0.15, -0.1) is 5.10 Å². The number of para-hydroxylation sites is 2. The normalized spacial score (nSPS) is 20.8. The third-order valence-electron chi connectivity index (χ3n) is 5.54. The number of pyridine rings is 1. The van der Waals surface area contributed by atoms with Gasteiger partial charge in [-0.1, -0.05) is 17.3 Å².